The summed E-state index contributed by atoms with van der Waals surface area (Å²) in [6.07, 6.45) is 3.35. The maximum atomic E-state index is 5.57. The molecule has 0 spiro atoms. The molecule has 0 aliphatic carbocycles. The summed E-state index contributed by atoms with van der Waals surface area (Å²) >= 11 is 0. The number of nitrogens with two attached hydrogens (primary N) is 1. The molecule has 0 fully saturated rings. The number of H-pyrrole nitrogens is 1. The second-order valence-electron chi connectivity index (χ2n) is 3.73. The van der Waals surface area contributed by atoms with Gasteiger partial charge in [0.25, 0.3) is 0 Å². The van der Waals surface area contributed by atoms with E-state index in [4.69, 9.17) is 5.73 Å². The van der Waals surface area contributed by atoms with E-state index in [1.807, 2.05) is 13.0 Å². The summed E-state index contributed by atoms with van der Waals surface area (Å²) in [6.45, 7) is 2.01. The lowest BCUT2D eigenvalue weighted by Crippen LogP contribution is -1.95. The number of aryl methyl sites for hydroxylation is 1. The number of hydrogen-bond acceptors (Lipinski definition) is 5. The molecule has 0 radical (unpaired) electrons. The molecule has 0 aliphatic heterocycles. The Morgan fingerprint density at radius 3 is 2.82 bits per heavy atom. The van der Waals surface area contributed by atoms with Gasteiger partial charge < -0.3 is 5.73 Å². The predicted molar refractivity (Wildman–Crippen MR) is 64.1 cm³/mol. The number of pyridine rings is 1. The lowest BCUT2D eigenvalue weighted by Gasteiger charge is -2.00. The molecular formula is C11H10N6. The van der Waals surface area contributed by atoms with Crippen molar-refractivity contribution in [2.24, 2.45) is 0 Å². The molecule has 0 saturated heterocycles. The zero-order chi connectivity index (χ0) is 11.8. The van der Waals surface area contributed by atoms with Gasteiger partial charge in [0.1, 0.15) is 0 Å². The lowest BCUT2D eigenvalue weighted by molar-refractivity contribution is 1.08. The average molecular weight is 226 g/mol. The second-order valence-corrected chi connectivity index (χ2v) is 3.73. The lowest BCUT2D eigenvalue weighted by atomic mass is 10.1. The monoisotopic (exact) mass is 226 g/mol. The molecule has 0 saturated carbocycles. The summed E-state index contributed by atoms with van der Waals surface area (Å²) in [4.78, 5) is 12.2. The number of nitrogens with one attached hydrogen (secondary N) is 1. The summed E-state index contributed by atoms with van der Waals surface area (Å²) in [5.41, 5.74) is 8.88. The SMILES string of the molecule is Cc1ccnc2n[nH]c(-c3ccnc(N)n3)c12. The molecule has 0 bridgehead atoms. The van der Waals surface area contributed by atoms with Crippen molar-refractivity contribution in [3.05, 3.63) is 30.1 Å². The van der Waals surface area contributed by atoms with Crippen molar-refractivity contribution < 1.29 is 0 Å². The second kappa shape index (κ2) is 3.51. The van der Waals surface area contributed by atoms with Crippen LogP contribution in [0.5, 0.6) is 0 Å². The number of nitrogen functional groups attached to an aromatic ring is 1. The van der Waals surface area contributed by atoms with Crippen molar-refractivity contribution in [1.82, 2.24) is 25.1 Å². The molecule has 6 nitrogen and oxygen atoms in total. The van der Waals surface area contributed by atoms with Crippen molar-refractivity contribution >= 4 is 17.0 Å². The van der Waals surface area contributed by atoms with E-state index in [2.05, 4.69) is 25.1 Å². The van der Waals surface area contributed by atoms with Crippen LogP contribution in [0.3, 0.4) is 0 Å². The Bertz CT molecular complexity index is 687. The van der Waals surface area contributed by atoms with Gasteiger partial charge in [-0.2, -0.15) is 5.10 Å². The van der Waals surface area contributed by atoms with Crippen molar-refractivity contribution in [3.63, 3.8) is 0 Å². The van der Waals surface area contributed by atoms with E-state index in [0.29, 0.717) is 5.65 Å². The molecular weight excluding hydrogens is 216 g/mol. The molecule has 3 N–H and O–H groups in total. The van der Waals surface area contributed by atoms with E-state index in [0.717, 1.165) is 22.3 Å². The number of nitrogens with zero attached hydrogens (tertiary/aromatic N) is 4. The van der Waals surface area contributed by atoms with Gasteiger partial charge in [-0.05, 0) is 24.6 Å². The van der Waals surface area contributed by atoms with E-state index < -0.39 is 0 Å². The van der Waals surface area contributed by atoms with Crippen molar-refractivity contribution in [2.75, 3.05) is 5.73 Å². The largest absolute Gasteiger partial charge is 0.368 e. The molecule has 3 aromatic rings. The minimum absolute atomic E-state index is 0.242. The minimum Gasteiger partial charge on any atom is -0.368 e. The Kier molecular flexibility index (Phi) is 2.01. The number of anilines is 1. The number of aromatic amines is 1. The van der Waals surface area contributed by atoms with Gasteiger partial charge in [0.15, 0.2) is 5.65 Å². The van der Waals surface area contributed by atoms with Gasteiger partial charge in [0, 0.05) is 12.4 Å². The molecule has 3 aromatic heterocycles. The van der Waals surface area contributed by atoms with Gasteiger partial charge in [-0.25, -0.2) is 15.0 Å². The zero-order valence-electron chi connectivity index (χ0n) is 9.18. The van der Waals surface area contributed by atoms with Crippen LogP contribution in [-0.2, 0) is 0 Å². The van der Waals surface area contributed by atoms with E-state index in [1.54, 1.807) is 18.5 Å². The van der Waals surface area contributed by atoms with E-state index in [-0.39, 0.29) is 5.95 Å². The Labute approximate surface area is 96.9 Å². The maximum Gasteiger partial charge on any atom is 0.220 e. The highest BCUT2D eigenvalue weighted by atomic mass is 15.2. The van der Waals surface area contributed by atoms with Crippen molar-refractivity contribution in [3.8, 4) is 11.4 Å². The minimum atomic E-state index is 0.242. The van der Waals surface area contributed by atoms with Crippen LogP contribution in [0.1, 0.15) is 5.56 Å². The number of hydrogen-bond donors (Lipinski definition) is 2. The summed E-state index contributed by atoms with van der Waals surface area (Å²) in [5, 5.41) is 8.05. The van der Waals surface area contributed by atoms with Gasteiger partial charge in [-0.1, -0.05) is 0 Å². The maximum absolute atomic E-state index is 5.57. The first-order valence-corrected chi connectivity index (χ1v) is 5.14. The molecule has 17 heavy (non-hydrogen) atoms. The Morgan fingerprint density at radius 2 is 2.00 bits per heavy atom. The Hall–Kier alpha value is -2.50. The first-order chi connectivity index (χ1) is 8.25. The molecule has 0 amide bonds. The first-order valence-electron chi connectivity index (χ1n) is 5.14. The number of fused-ring (bicyclic) bond motifs is 1. The summed E-state index contributed by atoms with van der Waals surface area (Å²) < 4.78 is 0. The fraction of sp³-hybridized carbons (Fsp3) is 0.0909. The van der Waals surface area contributed by atoms with Crippen LogP contribution in [0.25, 0.3) is 22.4 Å². The van der Waals surface area contributed by atoms with Crippen LogP contribution in [0.15, 0.2) is 24.5 Å². The Balaban J connectivity index is 2.31. The van der Waals surface area contributed by atoms with E-state index in [9.17, 15) is 0 Å². The molecule has 0 unspecified atom stereocenters. The molecule has 6 heteroatoms. The zero-order valence-corrected chi connectivity index (χ0v) is 9.18. The normalized spacial score (nSPS) is 10.9. The third kappa shape index (κ3) is 1.50. The highest BCUT2D eigenvalue weighted by Crippen LogP contribution is 2.26. The Morgan fingerprint density at radius 1 is 1.18 bits per heavy atom. The van der Waals surface area contributed by atoms with Crippen molar-refractivity contribution in [2.45, 2.75) is 6.92 Å². The number of aromatic nitrogens is 5. The first kappa shape index (κ1) is 9.71. The highest BCUT2D eigenvalue weighted by Gasteiger charge is 2.11. The molecule has 3 rings (SSSR count). The van der Waals surface area contributed by atoms with Crippen LogP contribution in [0.4, 0.5) is 5.95 Å². The molecule has 0 atom stereocenters. The van der Waals surface area contributed by atoms with Crippen LogP contribution in [0, 0.1) is 6.92 Å². The van der Waals surface area contributed by atoms with Gasteiger partial charge in [-0.15, -0.1) is 0 Å². The van der Waals surface area contributed by atoms with Gasteiger partial charge in [0.2, 0.25) is 5.95 Å². The fourth-order valence-electron chi connectivity index (χ4n) is 1.80. The van der Waals surface area contributed by atoms with Crippen LogP contribution >= 0.6 is 0 Å². The van der Waals surface area contributed by atoms with Crippen molar-refractivity contribution in [1.29, 1.82) is 0 Å². The van der Waals surface area contributed by atoms with E-state index in [1.165, 1.54) is 0 Å². The topological polar surface area (TPSA) is 93.4 Å². The molecule has 0 aliphatic rings. The molecule has 0 aromatic carbocycles. The fourth-order valence-corrected chi connectivity index (χ4v) is 1.80. The summed E-state index contributed by atoms with van der Waals surface area (Å²) in [6, 6.07) is 3.72. The van der Waals surface area contributed by atoms with Crippen LogP contribution < -0.4 is 5.73 Å². The van der Waals surface area contributed by atoms with Crippen LogP contribution in [-0.4, -0.2) is 25.1 Å². The third-order valence-corrected chi connectivity index (χ3v) is 2.59. The smallest absolute Gasteiger partial charge is 0.220 e. The summed E-state index contributed by atoms with van der Waals surface area (Å²) in [5.74, 6) is 0.242. The van der Waals surface area contributed by atoms with Crippen LogP contribution in [0.2, 0.25) is 0 Å². The molecule has 3 heterocycles. The molecule has 84 valence electrons. The third-order valence-electron chi connectivity index (χ3n) is 2.59. The average Bonchev–Trinajstić information content (AvgIpc) is 2.74. The quantitative estimate of drug-likeness (QED) is 0.652. The number of rotatable bonds is 1. The van der Waals surface area contributed by atoms with Gasteiger partial charge >= 0.3 is 0 Å². The van der Waals surface area contributed by atoms with Gasteiger partial charge in [-0.3, -0.25) is 5.10 Å². The highest BCUT2D eigenvalue weighted by molar-refractivity contribution is 5.92. The van der Waals surface area contributed by atoms with Gasteiger partial charge in [0.05, 0.1) is 16.8 Å². The predicted octanol–water partition coefficient (Wildman–Crippen LogP) is 1.31. The standard InChI is InChI=1S/C11H10N6/c1-6-2-4-13-10-8(6)9(16-17-10)7-3-5-14-11(12)15-7/h2-5H,1H3,(H2,12,14,15)(H,13,16,17). The van der Waals surface area contributed by atoms with E-state index >= 15 is 0 Å². The summed E-state index contributed by atoms with van der Waals surface area (Å²) in [7, 11) is 0.